The van der Waals surface area contributed by atoms with Gasteiger partial charge in [-0.2, -0.15) is 0 Å². The van der Waals surface area contributed by atoms with Gasteiger partial charge in [0.05, 0.1) is 6.54 Å². The Hall–Kier alpha value is -0.610. The average molecular weight is 257 g/mol. The molecule has 0 saturated heterocycles. The van der Waals surface area contributed by atoms with Crippen LogP contribution in [0, 0.1) is 0 Å². The van der Waals surface area contributed by atoms with Crippen molar-refractivity contribution in [1.82, 2.24) is 15.5 Å². The van der Waals surface area contributed by atoms with Crippen molar-refractivity contribution in [3.05, 3.63) is 0 Å². The highest BCUT2D eigenvalue weighted by Gasteiger charge is 2.11. The Morgan fingerprint density at radius 3 is 2.11 bits per heavy atom. The van der Waals surface area contributed by atoms with E-state index in [4.69, 9.17) is 0 Å². The maximum absolute atomic E-state index is 11.7. The van der Waals surface area contributed by atoms with Crippen LogP contribution in [0.5, 0.6) is 0 Å². The SMILES string of the molecule is CCC(CC)NC(=O)CNC(C)CN(CC)CC. The number of amides is 1. The summed E-state index contributed by atoms with van der Waals surface area (Å²) in [7, 11) is 0. The summed E-state index contributed by atoms with van der Waals surface area (Å²) < 4.78 is 0. The van der Waals surface area contributed by atoms with Gasteiger partial charge in [0.25, 0.3) is 0 Å². The first kappa shape index (κ1) is 17.4. The topological polar surface area (TPSA) is 44.4 Å². The van der Waals surface area contributed by atoms with Crippen molar-refractivity contribution in [3.8, 4) is 0 Å². The summed E-state index contributed by atoms with van der Waals surface area (Å²) in [5.41, 5.74) is 0. The lowest BCUT2D eigenvalue weighted by Crippen LogP contribution is -2.45. The number of carbonyl (C=O) groups excluding carboxylic acids is 1. The molecule has 0 aromatic carbocycles. The maximum atomic E-state index is 11.7. The zero-order valence-electron chi connectivity index (χ0n) is 12.8. The molecule has 0 bridgehead atoms. The molecule has 0 rings (SSSR count). The van der Waals surface area contributed by atoms with Crippen LogP contribution in [0.1, 0.15) is 47.5 Å². The van der Waals surface area contributed by atoms with Crippen molar-refractivity contribution in [2.45, 2.75) is 59.5 Å². The zero-order chi connectivity index (χ0) is 14.0. The molecule has 1 atom stereocenters. The van der Waals surface area contributed by atoms with Crippen LogP contribution >= 0.6 is 0 Å². The van der Waals surface area contributed by atoms with Gasteiger partial charge in [-0.25, -0.2) is 0 Å². The quantitative estimate of drug-likeness (QED) is 0.625. The summed E-state index contributed by atoms with van der Waals surface area (Å²) in [5, 5.41) is 6.32. The van der Waals surface area contributed by atoms with Crippen LogP contribution in [-0.4, -0.2) is 49.1 Å². The molecule has 4 heteroatoms. The second-order valence-corrected chi connectivity index (χ2v) is 4.85. The van der Waals surface area contributed by atoms with E-state index in [1.807, 2.05) is 0 Å². The van der Waals surface area contributed by atoms with Crippen LogP contribution < -0.4 is 10.6 Å². The number of likely N-dealkylation sites (N-methyl/N-ethyl adjacent to an activating group) is 1. The second kappa shape index (κ2) is 10.3. The lowest BCUT2D eigenvalue weighted by molar-refractivity contribution is -0.121. The normalized spacial score (nSPS) is 13.1. The molecule has 0 radical (unpaired) electrons. The summed E-state index contributed by atoms with van der Waals surface area (Å²) in [4.78, 5) is 14.1. The number of hydrogen-bond acceptors (Lipinski definition) is 3. The molecular formula is C14H31N3O. The number of carbonyl (C=O) groups is 1. The molecule has 0 aliphatic heterocycles. The smallest absolute Gasteiger partial charge is 0.234 e. The standard InChI is InChI=1S/C14H31N3O/c1-6-13(7-2)16-14(18)10-15-12(5)11-17(8-3)9-4/h12-13,15H,6-11H2,1-5H3,(H,16,18). The molecule has 0 saturated carbocycles. The van der Waals surface area contributed by atoms with E-state index in [9.17, 15) is 4.79 Å². The monoisotopic (exact) mass is 257 g/mol. The van der Waals surface area contributed by atoms with Gasteiger partial charge < -0.3 is 15.5 Å². The minimum atomic E-state index is 0.107. The maximum Gasteiger partial charge on any atom is 0.234 e. The first-order valence-corrected chi connectivity index (χ1v) is 7.32. The van der Waals surface area contributed by atoms with Gasteiger partial charge >= 0.3 is 0 Å². The van der Waals surface area contributed by atoms with Crippen molar-refractivity contribution >= 4 is 5.91 Å². The Balaban J connectivity index is 3.83. The molecule has 4 nitrogen and oxygen atoms in total. The van der Waals surface area contributed by atoms with E-state index in [1.54, 1.807) is 0 Å². The fourth-order valence-corrected chi connectivity index (χ4v) is 1.97. The van der Waals surface area contributed by atoms with E-state index in [1.165, 1.54) is 0 Å². The average Bonchev–Trinajstić information content (AvgIpc) is 2.39. The molecule has 0 heterocycles. The van der Waals surface area contributed by atoms with Gasteiger partial charge in [0.1, 0.15) is 0 Å². The molecule has 0 aliphatic rings. The molecule has 1 amide bonds. The van der Waals surface area contributed by atoms with E-state index >= 15 is 0 Å². The largest absolute Gasteiger partial charge is 0.352 e. The fraction of sp³-hybridized carbons (Fsp3) is 0.929. The highest BCUT2D eigenvalue weighted by molar-refractivity contribution is 5.78. The molecule has 2 N–H and O–H groups in total. The fourth-order valence-electron chi connectivity index (χ4n) is 1.97. The highest BCUT2D eigenvalue weighted by atomic mass is 16.1. The van der Waals surface area contributed by atoms with Gasteiger partial charge in [0, 0.05) is 18.6 Å². The van der Waals surface area contributed by atoms with Gasteiger partial charge in [-0.05, 0) is 32.9 Å². The van der Waals surface area contributed by atoms with E-state index in [2.05, 4.69) is 50.2 Å². The summed E-state index contributed by atoms with van der Waals surface area (Å²) in [5.74, 6) is 0.107. The van der Waals surface area contributed by atoms with Gasteiger partial charge in [-0.3, -0.25) is 4.79 Å². The van der Waals surface area contributed by atoms with Crippen molar-refractivity contribution < 1.29 is 4.79 Å². The molecule has 1 unspecified atom stereocenters. The third-order valence-corrected chi connectivity index (χ3v) is 3.39. The predicted octanol–water partition coefficient (Wildman–Crippen LogP) is 1.61. The number of nitrogens with zero attached hydrogens (tertiary/aromatic N) is 1. The van der Waals surface area contributed by atoms with Gasteiger partial charge in [0.2, 0.25) is 5.91 Å². The number of rotatable bonds is 10. The second-order valence-electron chi connectivity index (χ2n) is 4.85. The lowest BCUT2D eigenvalue weighted by atomic mass is 10.2. The van der Waals surface area contributed by atoms with Crippen LogP contribution in [0.15, 0.2) is 0 Å². The summed E-state index contributed by atoms with van der Waals surface area (Å²) in [6.07, 6.45) is 1.99. The van der Waals surface area contributed by atoms with Gasteiger partial charge in [-0.15, -0.1) is 0 Å². The van der Waals surface area contributed by atoms with Crippen LogP contribution in [0.2, 0.25) is 0 Å². The van der Waals surface area contributed by atoms with Crippen molar-refractivity contribution in [1.29, 1.82) is 0 Å². The van der Waals surface area contributed by atoms with E-state index in [0.717, 1.165) is 32.5 Å². The van der Waals surface area contributed by atoms with Crippen molar-refractivity contribution in [2.75, 3.05) is 26.2 Å². The third kappa shape index (κ3) is 7.67. The van der Waals surface area contributed by atoms with E-state index in [-0.39, 0.29) is 5.91 Å². The Morgan fingerprint density at radius 1 is 1.11 bits per heavy atom. The van der Waals surface area contributed by atoms with E-state index in [0.29, 0.717) is 18.6 Å². The Labute approximate surface area is 113 Å². The van der Waals surface area contributed by atoms with Gasteiger partial charge in [0.15, 0.2) is 0 Å². The Kier molecular flexibility index (Phi) is 9.98. The number of hydrogen-bond donors (Lipinski definition) is 2. The lowest BCUT2D eigenvalue weighted by Gasteiger charge is -2.23. The van der Waals surface area contributed by atoms with Crippen LogP contribution in [0.4, 0.5) is 0 Å². The first-order chi connectivity index (χ1) is 8.57. The third-order valence-electron chi connectivity index (χ3n) is 3.39. The number of nitrogens with one attached hydrogen (secondary N) is 2. The van der Waals surface area contributed by atoms with E-state index < -0.39 is 0 Å². The first-order valence-electron chi connectivity index (χ1n) is 7.32. The van der Waals surface area contributed by atoms with Crippen LogP contribution in [-0.2, 0) is 4.79 Å². The minimum Gasteiger partial charge on any atom is -0.352 e. The Bertz CT molecular complexity index is 213. The molecule has 108 valence electrons. The molecule has 0 aromatic heterocycles. The summed E-state index contributed by atoms with van der Waals surface area (Å²) in [6.45, 7) is 14.2. The van der Waals surface area contributed by atoms with Crippen molar-refractivity contribution in [2.24, 2.45) is 0 Å². The molecule has 0 spiro atoms. The Morgan fingerprint density at radius 2 is 1.67 bits per heavy atom. The zero-order valence-corrected chi connectivity index (χ0v) is 12.8. The molecule has 0 fully saturated rings. The van der Waals surface area contributed by atoms with Crippen LogP contribution in [0.3, 0.4) is 0 Å². The van der Waals surface area contributed by atoms with Crippen LogP contribution in [0.25, 0.3) is 0 Å². The van der Waals surface area contributed by atoms with Gasteiger partial charge in [-0.1, -0.05) is 27.7 Å². The molecule has 0 aliphatic carbocycles. The van der Waals surface area contributed by atoms with Crippen molar-refractivity contribution in [3.63, 3.8) is 0 Å². The summed E-state index contributed by atoms with van der Waals surface area (Å²) in [6, 6.07) is 0.662. The molecule has 0 aromatic rings. The summed E-state index contributed by atoms with van der Waals surface area (Å²) >= 11 is 0. The molecule has 18 heavy (non-hydrogen) atoms. The molecular weight excluding hydrogens is 226 g/mol. The highest BCUT2D eigenvalue weighted by Crippen LogP contribution is 1.95. The minimum absolute atomic E-state index is 0.107. The predicted molar refractivity (Wildman–Crippen MR) is 77.8 cm³/mol.